The number of imide groups is 1. The number of carbonyl (C=O) groups excluding carboxylic acids is 3. The summed E-state index contributed by atoms with van der Waals surface area (Å²) in [5.74, 6) is 0.446. The molecule has 66 heavy (non-hydrogen) atoms. The highest BCUT2D eigenvalue weighted by Gasteiger charge is 2.48. The maximum Gasteiger partial charge on any atom is 0.311 e. The summed E-state index contributed by atoms with van der Waals surface area (Å²) in [7, 11) is -0.699. The number of hydrogen-bond donors (Lipinski definition) is 0. The molecule has 0 aromatic heterocycles. The minimum atomic E-state index is -2.36. The third-order valence-corrected chi connectivity index (χ3v) is 19.4. The van der Waals surface area contributed by atoms with Gasteiger partial charge in [-0.15, -0.1) is 0 Å². The van der Waals surface area contributed by atoms with Gasteiger partial charge in [-0.1, -0.05) is 72.0 Å². The molecule has 0 radical (unpaired) electrons. The van der Waals surface area contributed by atoms with Crippen LogP contribution in [0.25, 0.3) is 0 Å². The van der Waals surface area contributed by atoms with Crippen molar-refractivity contribution < 1.29 is 47.2 Å². The van der Waals surface area contributed by atoms with Crippen LogP contribution in [0.5, 0.6) is 5.75 Å². The molecule has 12 heteroatoms. The molecule has 2 amide bonds. The number of carbonyl (C=O) groups is 3. The Morgan fingerprint density at radius 1 is 0.864 bits per heavy atom. The van der Waals surface area contributed by atoms with Crippen LogP contribution in [-0.2, 0) is 39.5 Å². The zero-order valence-electron chi connectivity index (χ0n) is 41.8. The Morgan fingerprint density at radius 3 is 2.14 bits per heavy atom. The smallest absolute Gasteiger partial charge is 0.311 e. The highest BCUT2D eigenvalue weighted by Crippen LogP contribution is 2.44. The molecule has 11 nitrogen and oxygen atoms in total. The van der Waals surface area contributed by atoms with Crippen molar-refractivity contribution in [1.82, 2.24) is 4.90 Å². The summed E-state index contributed by atoms with van der Waals surface area (Å²) in [5.41, 5.74) is 3.62. The number of nitrogens with zero attached hydrogens (tertiary/aromatic N) is 1. The predicted molar refractivity (Wildman–Crippen MR) is 260 cm³/mol. The second-order valence-electron chi connectivity index (χ2n) is 22.0. The van der Waals surface area contributed by atoms with E-state index in [0.717, 1.165) is 61.0 Å². The average Bonchev–Trinajstić information content (AvgIpc) is 3.84. The van der Waals surface area contributed by atoms with Crippen LogP contribution in [0.1, 0.15) is 133 Å². The molecule has 3 fully saturated rings. The third-order valence-electron chi connectivity index (χ3n) is 14.9. The second-order valence-corrected chi connectivity index (χ2v) is 26.8. The van der Waals surface area contributed by atoms with Crippen molar-refractivity contribution in [3.8, 4) is 5.75 Å². The molecule has 6 rings (SSSR count). The lowest BCUT2D eigenvalue weighted by Crippen LogP contribution is -2.49. The van der Waals surface area contributed by atoms with Crippen LogP contribution < -0.4 is 4.74 Å². The lowest BCUT2D eigenvalue weighted by molar-refractivity contribution is -0.153. The largest absolute Gasteiger partial charge is 0.497 e. The summed E-state index contributed by atoms with van der Waals surface area (Å²) >= 11 is 0. The molecule has 4 heterocycles. The molecule has 0 bridgehead atoms. The van der Waals surface area contributed by atoms with Gasteiger partial charge in [-0.05, 0) is 130 Å². The van der Waals surface area contributed by atoms with Gasteiger partial charge in [0.05, 0.1) is 92.7 Å². The van der Waals surface area contributed by atoms with Gasteiger partial charge in [0.2, 0.25) is 0 Å². The summed E-state index contributed by atoms with van der Waals surface area (Å²) in [4.78, 5) is 41.0. The van der Waals surface area contributed by atoms with Crippen molar-refractivity contribution >= 4 is 26.1 Å². The lowest BCUT2D eigenvalue weighted by atomic mass is 9.81. The number of hydrogen-bond acceptors (Lipinski definition) is 10. The van der Waals surface area contributed by atoms with E-state index in [1.54, 1.807) is 31.4 Å². The average molecular weight is 930 g/mol. The molecular weight excluding hydrogens is 851 g/mol. The van der Waals surface area contributed by atoms with E-state index in [2.05, 4.69) is 60.9 Å². The fourth-order valence-corrected chi connectivity index (χ4v) is 11.0. The van der Waals surface area contributed by atoms with Crippen molar-refractivity contribution in [2.75, 3.05) is 26.9 Å². The van der Waals surface area contributed by atoms with Gasteiger partial charge in [-0.25, -0.2) is 0 Å². The molecule has 10 atom stereocenters. The van der Waals surface area contributed by atoms with Gasteiger partial charge in [0, 0.05) is 18.8 Å². The Balaban J connectivity index is 1.13. The monoisotopic (exact) mass is 930 g/mol. The molecule has 0 saturated carbocycles. The van der Waals surface area contributed by atoms with Gasteiger partial charge in [0.15, 0.2) is 8.32 Å². The lowest BCUT2D eigenvalue weighted by Gasteiger charge is -2.40. The highest BCUT2D eigenvalue weighted by molar-refractivity contribution is 6.74. The van der Waals surface area contributed by atoms with Crippen molar-refractivity contribution in [1.29, 1.82) is 0 Å². The van der Waals surface area contributed by atoms with Crippen molar-refractivity contribution in [2.24, 2.45) is 23.2 Å². The van der Waals surface area contributed by atoms with E-state index in [0.29, 0.717) is 43.8 Å². The van der Waals surface area contributed by atoms with Crippen LogP contribution in [0, 0.1) is 23.2 Å². The zero-order valence-corrected chi connectivity index (χ0v) is 42.8. The van der Waals surface area contributed by atoms with Crippen LogP contribution in [0.2, 0.25) is 18.1 Å². The Kier molecular flexibility index (Phi) is 17.0. The zero-order chi connectivity index (χ0) is 48.1. The number of benzene rings is 2. The van der Waals surface area contributed by atoms with Gasteiger partial charge in [0.25, 0.3) is 11.8 Å². The van der Waals surface area contributed by atoms with Gasteiger partial charge in [-0.3, -0.25) is 19.3 Å². The minimum absolute atomic E-state index is 0.0246. The Bertz CT molecular complexity index is 1980. The molecule has 0 aliphatic carbocycles. The highest BCUT2D eigenvalue weighted by atomic mass is 28.4. The molecule has 4 aliphatic rings. The van der Waals surface area contributed by atoms with E-state index >= 15 is 0 Å². The molecule has 2 aromatic rings. The molecular formula is C54H79NO10Si. The van der Waals surface area contributed by atoms with Crippen molar-refractivity contribution in [3.63, 3.8) is 0 Å². The quantitative estimate of drug-likeness (QED) is 0.0417. The van der Waals surface area contributed by atoms with E-state index in [1.165, 1.54) is 4.90 Å². The first kappa shape index (κ1) is 51.7. The van der Waals surface area contributed by atoms with Crippen LogP contribution in [-0.4, -0.2) is 101 Å². The van der Waals surface area contributed by atoms with Gasteiger partial charge in [-0.2, -0.15) is 0 Å². The SMILES string of the molecule is C=C1C[C@H](CCCOC(=O)C(C)(C)C)OC1CC[C@H]1C[C@@H](C)C(=C)C(C[C@@H]2OC(C[C@@H](CN3C(=O)c4ccccc4C3=O)O[Si](C)(C)C(C)(C)C)[C@H](C)C2COCc2ccc(OC)cc2)O1. The molecule has 2 aromatic carbocycles. The summed E-state index contributed by atoms with van der Waals surface area (Å²) < 4.78 is 45.1. The van der Waals surface area contributed by atoms with E-state index in [4.69, 9.17) is 32.8 Å². The molecule has 364 valence electrons. The van der Waals surface area contributed by atoms with E-state index < -0.39 is 19.8 Å². The summed E-state index contributed by atoms with van der Waals surface area (Å²) in [5, 5.41) is -0.0929. The minimum Gasteiger partial charge on any atom is -0.497 e. The van der Waals surface area contributed by atoms with Gasteiger partial charge in [0.1, 0.15) is 5.75 Å². The van der Waals surface area contributed by atoms with Crippen LogP contribution in [0.4, 0.5) is 0 Å². The van der Waals surface area contributed by atoms with Crippen molar-refractivity contribution in [3.05, 3.63) is 89.5 Å². The first-order chi connectivity index (χ1) is 31.1. The normalized spacial score (nSPS) is 27.7. The molecule has 0 N–H and O–H groups in total. The van der Waals surface area contributed by atoms with Crippen molar-refractivity contribution in [2.45, 2.75) is 174 Å². The molecule has 3 saturated heterocycles. The number of fused-ring (bicyclic) bond motifs is 1. The number of amides is 2. The van der Waals surface area contributed by atoms with E-state index in [9.17, 15) is 14.4 Å². The van der Waals surface area contributed by atoms with E-state index in [1.807, 2.05) is 45.0 Å². The number of esters is 1. The summed E-state index contributed by atoms with van der Waals surface area (Å²) in [6.45, 7) is 31.6. The Hall–Kier alpha value is -3.65. The molecule has 4 aliphatic heterocycles. The predicted octanol–water partition coefficient (Wildman–Crippen LogP) is 10.9. The van der Waals surface area contributed by atoms with E-state index in [-0.39, 0.29) is 83.7 Å². The fourth-order valence-electron chi connectivity index (χ4n) is 9.59. The third kappa shape index (κ3) is 12.7. The topological polar surface area (TPSA) is 119 Å². The summed E-state index contributed by atoms with van der Waals surface area (Å²) in [6, 6.07) is 15.0. The standard InChI is InChI=1S/C54H79NO10Si/c1-34-27-41(24-25-46-35(2)28-40(62-46)17-16-26-61-52(58)53(5,6)7)63-48(36(34)3)30-49-45(33-60-32-38-20-22-39(59-11)23-21-38)37(4)47(64-49)29-42(65-66(12,13)54(8,9)10)31-55-50(56)43-18-14-15-19-44(43)51(55)57/h14-15,18-23,34,37,40-42,45-49H,2-3,16-17,24-33H2,1,4-13H3/t34-,37-,40+,41+,42+,45?,46?,47?,48?,49+/m1/s1. The fraction of sp³-hybridized carbons (Fsp3) is 0.648. The van der Waals surface area contributed by atoms with Crippen LogP contribution in [0.15, 0.2) is 72.8 Å². The van der Waals surface area contributed by atoms with Gasteiger partial charge < -0.3 is 32.8 Å². The second kappa shape index (κ2) is 21.8. The van der Waals surface area contributed by atoms with Crippen LogP contribution >= 0.6 is 0 Å². The Morgan fingerprint density at radius 2 is 1.52 bits per heavy atom. The molecule has 4 unspecified atom stereocenters. The van der Waals surface area contributed by atoms with Gasteiger partial charge >= 0.3 is 5.97 Å². The summed E-state index contributed by atoms with van der Waals surface area (Å²) in [6.07, 6.45) is 5.16. The molecule has 0 spiro atoms. The number of rotatable bonds is 20. The van der Waals surface area contributed by atoms with Crippen LogP contribution in [0.3, 0.4) is 0 Å². The maximum atomic E-state index is 13.7. The number of ether oxygens (including phenoxy) is 6. The first-order valence-corrected chi connectivity index (χ1v) is 27.3. The Labute approximate surface area is 396 Å². The first-order valence-electron chi connectivity index (χ1n) is 24.4. The number of methoxy groups -OCH3 is 1. The maximum absolute atomic E-state index is 13.7.